The number of unbranched alkanes of at least 4 members (excludes halogenated alkanes) is 1. The third-order valence-corrected chi connectivity index (χ3v) is 4.35. The molecule has 0 heterocycles. The van der Waals surface area contributed by atoms with Gasteiger partial charge >= 0.3 is 7.40 Å². The first kappa shape index (κ1) is 27.8. The van der Waals surface area contributed by atoms with Crippen LogP contribution in [0.2, 0.25) is 10.0 Å². The third kappa shape index (κ3) is 11.7. The fraction of sp³-hybridized carbons (Fsp3) is 0.333. The number of carboxylic acids is 1. The average Bonchev–Trinajstić information content (AvgIpc) is 2.74. The molecule has 30 heavy (non-hydrogen) atoms. The first-order chi connectivity index (χ1) is 14.3. The number of aldehydes is 1. The number of carbonyl (C=O) groups excluding carboxylic acids is 1. The minimum atomic E-state index is -0.933. The number of halogens is 2. The van der Waals surface area contributed by atoms with Gasteiger partial charge in [0.15, 0.2) is 6.29 Å². The average molecular weight is 459 g/mol. The zero-order chi connectivity index (χ0) is 22.9. The first-order valence-electron chi connectivity index (χ1n) is 9.21. The summed E-state index contributed by atoms with van der Waals surface area (Å²) in [6, 6.07) is 11.8. The van der Waals surface area contributed by atoms with Crippen LogP contribution >= 0.6 is 23.2 Å². The van der Waals surface area contributed by atoms with Crippen LogP contribution in [0.25, 0.3) is 0 Å². The Labute approximate surface area is 188 Å². The van der Waals surface area contributed by atoms with Crippen molar-refractivity contribution in [3.05, 3.63) is 63.6 Å². The predicted molar refractivity (Wildman–Crippen MR) is 122 cm³/mol. The highest BCUT2D eigenvalue weighted by atomic mass is 35.5. The molecule has 0 bridgehead atoms. The summed E-state index contributed by atoms with van der Waals surface area (Å²) in [7, 11) is 1.65. The van der Waals surface area contributed by atoms with E-state index >= 15 is 0 Å². The number of nitrogens with two attached hydrogens (primary N) is 3. The second-order valence-electron chi connectivity index (χ2n) is 6.03. The maximum Gasteiger partial charge on any atom is 1.00 e. The maximum absolute atomic E-state index is 10.2. The van der Waals surface area contributed by atoms with Crippen LogP contribution in [-0.2, 0) is 11.3 Å². The van der Waals surface area contributed by atoms with Crippen LogP contribution in [0.15, 0.2) is 42.5 Å². The third-order valence-electron chi connectivity index (χ3n) is 3.79. The van der Waals surface area contributed by atoms with Crippen molar-refractivity contribution in [1.82, 2.24) is 0 Å². The Morgan fingerprint density at radius 3 is 2.33 bits per heavy atom. The van der Waals surface area contributed by atoms with Crippen molar-refractivity contribution in [2.75, 3.05) is 13.7 Å². The van der Waals surface area contributed by atoms with E-state index in [1.54, 1.807) is 19.2 Å². The second-order valence-corrected chi connectivity index (χ2v) is 6.87. The molecule has 0 unspecified atom stereocenters. The highest BCUT2D eigenvalue weighted by molar-refractivity contribution is 6.36. The molecule has 2 aromatic carbocycles. The Morgan fingerprint density at radius 1 is 1.20 bits per heavy atom. The molecule has 0 spiro atoms. The number of hydrogen-bond acceptors (Lipinski definition) is 6. The van der Waals surface area contributed by atoms with Crippen molar-refractivity contribution in [1.29, 1.82) is 0 Å². The van der Waals surface area contributed by atoms with E-state index in [4.69, 9.17) is 50.2 Å². The van der Waals surface area contributed by atoms with Crippen LogP contribution in [0, 0.1) is 0 Å². The fourth-order valence-corrected chi connectivity index (χ4v) is 2.55. The van der Waals surface area contributed by atoms with Gasteiger partial charge in [-0.2, -0.15) is 0 Å². The minimum absolute atomic E-state index is 0. The van der Waals surface area contributed by atoms with Crippen LogP contribution in [0.5, 0.6) is 5.75 Å². The molecule has 0 aliphatic heterocycles. The topological polar surface area (TPSA) is 142 Å². The summed E-state index contributed by atoms with van der Waals surface area (Å²) in [5.74, 6) is -0.0676. The van der Waals surface area contributed by atoms with E-state index in [1.807, 2.05) is 24.3 Å². The smallest absolute Gasteiger partial charge is 0.496 e. The van der Waals surface area contributed by atoms with Crippen molar-refractivity contribution in [3.63, 3.8) is 0 Å². The molecule has 2 aromatic rings. The Hall–Kier alpha value is -2.16. The van der Waals surface area contributed by atoms with Gasteiger partial charge in [0.2, 0.25) is 0 Å². The van der Waals surface area contributed by atoms with E-state index < -0.39 is 12.0 Å². The van der Waals surface area contributed by atoms with Gasteiger partial charge in [-0.15, -0.1) is 0 Å². The van der Waals surface area contributed by atoms with Gasteiger partial charge in [-0.1, -0.05) is 47.8 Å². The summed E-state index contributed by atoms with van der Waals surface area (Å²) in [6.45, 7) is 1.14. The lowest BCUT2D eigenvalue weighted by molar-refractivity contribution is -0.138. The second kappa shape index (κ2) is 16.6. The van der Waals surface area contributed by atoms with E-state index in [1.165, 1.54) is 6.07 Å². The number of carbonyl (C=O) groups is 2. The van der Waals surface area contributed by atoms with Crippen molar-refractivity contribution in [2.45, 2.75) is 31.8 Å². The van der Waals surface area contributed by atoms with Crippen LogP contribution in [0.3, 0.4) is 0 Å². The quantitative estimate of drug-likeness (QED) is 0.349. The zero-order valence-corrected chi connectivity index (χ0v) is 18.4. The number of aliphatic carboxylic acids is 1. The lowest BCUT2D eigenvalue weighted by atomic mass is 10.1. The summed E-state index contributed by atoms with van der Waals surface area (Å²) in [6.07, 6.45) is 2.86. The lowest BCUT2D eigenvalue weighted by Gasteiger charge is -2.03. The van der Waals surface area contributed by atoms with Crippen molar-refractivity contribution in [2.24, 2.45) is 17.2 Å². The molecule has 1 atom stereocenters. The predicted octanol–water partition coefficient (Wildman–Crippen LogP) is 3.60. The maximum atomic E-state index is 10.2. The van der Waals surface area contributed by atoms with Crippen LogP contribution < -0.4 is 21.9 Å². The lowest BCUT2D eigenvalue weighted by Crippen LogP contribution is -2.29. The number of hydrogen-bond donors (Lipinski definition) is 4. The molecule has 0 fully saturated rings. The molecule has 9 heteroatoms. The summed E-state index contributed by atoms with van der Waals surface area (Å²) in [5.41, 5.74) is 17.4. The molecule has 0 aromatic heterocycles. The summed E-state index contributed by atoms with van der Waals surface area (Å²) >= 11 is 11.2. The highest BCUT2D eigenvalue weighted by Gasteiger charge is 2.09. The molecule has 0 radical (unpaired) electrons. The molecule has 7 N–H and O–H groups in total. The van der Waals surface area contributed by atoms with Crippen molar-refractivity contribution in [3.8, 4) is 5.75 Å². The minimum Gasteiger partial charge on any atom is -0.496 e. The van der Waals surface area contributed by atoms with E-state index in [2.05, 4.69) is 0 Å². The molecule has 166 valence electrons. The largest absolute Gasteiger partial charge is 1.00 e. The zero-order valence-electron chi connectivity index (χ0n) is 17.9. The van der Waals surface area contributed by atoms with Crippen molar-refractivity contribution >= 4 is 35.5 Å². The van der Waals surface area contributed by atoms with Gasteiger partial charge in [0.25, 0.3) is 0 Å². The highest BCUT2D eigenvalue weighted by Crippen LogP contribution is 2.19. The molecule has 2 rings (SSSR count). The van der Waals surface area contributed by atoms with Gasteiger partial charge in [0.05, 0.1) is 12.1 Å². The first-order valence-corrected chi connectivity index (χ1v) is 9.96. The fourth-order valence-electron chi connectivity index (χ4n) is 2.10. The van der Waals surface area contributed by atoms with E-state index in [9.17, 15) is 9.59 Å². The number of methoxy groups -OCH3 is 1. The van der Waals surface area contributed by atoms with Gasteiger partial charge in [0, 0.05) is 22.7 Å². The standard InChI is InChI=1S/C8H11NO.C7H4Cl2O.C6H14N2O2/c1-10-8-5-3-2-4-7(8)6-9;8-6-2-1-5(4-10)7(9)3-6;7-4-2-1-3-5(8)6(9)10/h2-5H,6,9H2,1H3;1-4H;5H,1-4,7-8H2,(H,9,10)/p+1/t;;5-/m..1/s1. The van der Waals surface area contributed by atoms with Gasteiger partial charge in [-0.25, -0.2) is 0 Å². The van der Waals surface area contributed by atoms with Crippen LogP contribution in [0.1, 0.15) is 36.6 Å². The molecule has 0 aliphatic rings. The normalized spacial score (nSPS) is 10.6. The number of para-hydroxylation sites is 1. The molecule has 0 amide bonds. The Balaban J connectivity index is 0. The number of benzene rings is 2. The van der Waals surface area contributed by atoms with Gasteiger partial charge < -0.3 is 27.0 Å². The number of carboxylic acid groups (broad SMARTS) is 1. The summed E-state index contributed by atoms with van der Waals surface area (Å²) in [4.78, 5) is 20.3. The molecular weight excluding hydrogens is 429 g/mol. The molecule has 0 aliphatic carbocycles. The SMILES string of the molecule is COc1ccccc1CN.NCCCC[C@@H](N)C(=O)O.O=Cc1ccc(Cl)cc1Cl.[H+]. The van der Waals surface area contributed by atoms with Crippen LogP contribution in [-0.4, -0.2) is 37.1 Å². The Morgan fingerprint density at radius 2 is 1.87 bits per heavy atom. The van der Waals surface area contributed by atoms with Crippen molar-refractivity contribution < 1.29 is 20.9 Å². The Bertz CT molecular complexity index is 759. The molecule has 7 nitrogen and oxygen atoms in total. The van der Waals surface area contributed by atoms with Gasteiger partial charge in [-0.05, 0) is 43.7 Å². The Kier molecular flexibility index (Phi) is 15.4. The van der Waals surface area contributed by atoms with E-state index in [-0.39, 0.29) is 1.43 Å². The summed E-state index contributed by atoms with van der Waals surface area (Å²) < 4.78 is 5.06. The van der Waals surface area contributed by atoms with Gasteiger partial charge in [-0.3, -0.25) is 9.59 Å². The number of rotatable bonds is 8. The van der Waals surface area contributed by atoms with E-state index in [0.29, 0.717) is 41.4 Å². The monoisotopic (exact) mass is 458 g/mol. The van der Waals surface area contributed by atoms with Gasteiger partial charge in [0.1, 0.15) is 11.8 Å². The summed E-state index contributed by atoms with van der Waals surface area (Å²) in [5, 5.41) is 9.25. The molecule has 0 saturated carbocycles. The van der Waals surface area contributed by atoms with Crippen LogP contribution in [0.4, 0.5) is 0 Å². The molecular formula is C21H30Cl2N3O4+. The molecule has 0 saturated heterocycles. The van der Waals surface area contributed by atoms with E-state index in [0.717, 1.165) is 24.2 Å². The number of ether oxygens (including phenoxy) is 1.